The number of halogens is 1. The van der Waals surface area contributed by atoms with Gasteiger partial charge in [-0.05, 0) is 39.0 Å². The number of aliphatic hydroxyl groups is 1. The molecular formula is C15H16BrNO2. The number of alkyl halides is 1. The van der Waals surface area contributed by atoms with E-state index in [4.69, 9.17) is 4.74 Å². The second-order valence-electron chi connectivity index (χ2n) is 5.59. The van der Waals surface area contributed by atoms with Gasteiger partial charge < -0.3 is 9.84 Å². The van der Waals surface area contributed by atoms with Crippen molar-refractivity contribution in [3.8, 4) is 5.75 Å². The molecule has 4 heteroatoms. The molecule has 0 spiro atoms. The summed E-state index contributed by atoms with van der Waals surface area (Å²) in [6.45, 7) is 5.90. The number of hydrogen-bond donors (Lipinski definition) is 1. The van der Waals surface area contributed by atoms with Crippen LogP contribution in [0.3, 0.4) is 0 Å². The summed E-state index contributed by atoms with van der Waals surface area (Å²) < 4.78 is 6.01. The largest absolute Gasteiger partial charge is 0.486 e. The summed E-state index contributed by atoms with van der Waals surface area (Å²) in [4.78, 5) is 4.35. The number of pyridine rings is 1. The quantitative estimate of drug-likeness (QED) is 0.755. The Kier molecular flexibility index (Phi) is 2.84. The molecule has 1 aliphatic heterocycles. The maximum absolute atomic E-state index is 10.4. The fraction of sp³-hybridized carbons (Fsp3) is 0.400. The predicted molar refractivity (Wildman–Crippen MR) is 78.9 cm³/mol. The number of benzene rings is 1. The maximum atomic E-state index is 10.4. The fourth-order valence-corrected chi connectivity index (χ4v) is 2.84. The normalized spacial score (nSPS) is 24.9. The lowest BCUT2D eigenvalue weighted by atomic mass is 9.91. The highest BCUT2D eigenvalue weighted by molar-refractivity contribution is 9.09. The van der Waals surface area contributed by atoms with Crippen LogP contribution in [0.25, 0.3) is 10.9 Å². The molecule has 2 aromatic rings. The van der Waals surface area contributed by atoms with Gasteiger partial charge in [-0.25, -0.2) is 0 Å². The first kappa shape index (κ1) is 12.9. The van der Waals surface area contributed by atoms with Gasteiger partial charge in [-0.2, -0.15) is 0 Å². The van der Waals surface area contributed by atoms with E-state index in [1.807, 2.05) is 45.0 Å². The van der Waals surface area contributed by atoms with Crippen LogP contribution in [0.1, 0.15) is 31.2 Å². The van der Waals surface area contributed by atoms with Gasteiger partial charge in [0, 0.05) is 16.6 Å². The zero-order chi connectivity index (χ0) is 13.8. The second-order valence-corrected chi connectivity index (χ2v) is 6.57. The Morgan fingerprint density at radius 1 is 1.32 bits per heavy atom. The first-order chi connectivity index (χ1) is 8.88. The Balaban J connectivity index is 2.22. The first-order valence-corrected chi connectivity index (χ1v) is 7.22. The molecule has 2 heterocycles. The molecule has 0 saturated carbocycles. The number of aromatic nitrogens is 1. The van der Waals surface area contributed by atoms with Crippen LogP contribution in [-0.2, 0) is 0 Å². The average molecular weight is 322 g/mol. The van der Waals surface area contributed by atoms with Gasteiger partial charge in [0.2, 0.25) is 0 Å². The van der Waals surface area contributed by atoms with Crippen molar-refractivity contribution in [1.29, 1.82) is 0 Å². The molecule has 19 heavy (non-hydrogen) atoms. The number of aryl methyl sites for hydroxylation is 1. The van der Waals surface area contributed by atoms with E-state index in [2.05, 4.69) is 20.9 Å². The van der Waals surface area contributed by atoms with E-state index in [1.165, 1.54) is 0 Å². The number of nitrogens with zero attached hydrogens (tertiary/aromatic N) is 1. The lowest BCUT2D eigenvalue weighted by Crippen LogP contribution is -2.45. The molecule has 0 amide bonds. The van der Waals surface area contributed by atoms with Crippen molar-refractivity contribution in [1.82, 2.24) is 4.98 Å². The number of ether oxygens (including phenoxy) is 1. The Bertz CT molecular complexity index is 654. The van der Waals surface area contributed by atoms with Gasteiger partial charge in [0.25, 0.3) is 0 Å². The number of aliphatic hydroxyl groups excluding tert-OH is 1. The van der Waals surface area contributed by atoms with Gasteiger partial charge >= 0.3 is 0 Å². The van der Waals surface area contributed by atoms with Crippen molar-refractivity contribution in [3.05, 3.63) is 35.5 Å². The topological polar surface area (TPSA) is 42.4 Å². The third-order valence-electron chi connectivity index (χ3n) is 3.59. The van der Waals surface area contributed by atoms with Crippen molar-refractivity contribution in [3.63, 3.8) is 0 Å². The van der Waals surface area contributed by atoms with E-state index >= 15 is 0 Å². The average Bonchev–Trinajstić information content (AvgIpc) is 2.34. The monoisotopic (exact) mass is 321 g/mol. The highest BCUT2D eigenvalue weighted by Gasteiger charge is 2.41. The van der Waals surface area contributed by atoms with Crippen LogP contribution >= 0.6 is 15.9 Å². The maximum Gasteiger partial charge on any atom is 0.126 e. The summed E-state index contributed by atoms with van der Waals surface area (Å²) >= 11 is 3.53. The van der Waals surface area contributed by atoms with E-state index in [1.54, 1.807) is 0 Å². The lowest BCUT2D eigenvalue weighted by molar-refractivity contribution is 0.0228. The standard InChI is InChI=1S/C15H16BrNO2/c1-8-4-5-9-6-12-10(7-11(9)17-8)13(18)14(16)15(2,3)19-12/h4-7,13-14,18H,1-3H3. The Morgan fingerprint density at radius 2 is 2.05 bits per heavy atom. The molecule has 3 nitrogen and oxygen atoms in total. The molecule has 1 aliphatic rings. The minimum absolute atomic E-state index is 0.144. The number of fused-ring (bicyclic) bond motifs is 2. The van der Waals surface area contributed by atoms with Gasteiger partial charge in [0.05, 0.1) is 16.4 Å². The summed E-state index contributed by atoms with van der Waals surface area (Å²) in [6.07, 6.45) is -0.592. The molecule has 3 rings (SSSR count). The van der Waals surface area contributed by atoms with Crippen LogP contribution < -0.4 is 4.74 Å². The zero-order valence-corrected chi connectivity index (χ0v) is 12.7. The van der Waals surface area contributed by atoms with Gasteiger partial charge in [-0.3, -0.25) is 4.98 Å². The lowest BCUT2D eigenvalue weighted by Gasteiger charge is -2.40. The molecule has 0 radical (unpaired) electrons. The van der Waals surface area contributed by atoms with Crippen molar-refractivity contribution < 1.29 is 9.84 Å². The molecule has 0 fully saturated rings. The van der Waals surface area contributed by atoms with Gasteiger partial charge in [0.1, 0.15) is 11.4 Å². The smallest absolute Gasteiger partial charge is 0.126 e. The molecular weight excluding hydrogens is 306 g/mol. The minimum Gasteiger partial charge on any atom is -0.486 e. The highest BCUT2D eigenvalue weighted by atomic mass is 79.9. The van der Waals surface area contributed by atoms with Crippen LogP contribution in [0, 0.1) is 6.92 Å². The van der Waals surface area contributed by atoms with Gasteiger partial charge in [0.15, 0.2) is 0 Å². The second kappa shape index (κ2) is 4.18. The Morgan fingerprint density at radius 3 is 2.79 bits per heavy atom. The molecule has 100 valence electrons. The minimum atomic E-state index is -0.592. The molecule has 1 aromatic carbocycles. The molecule has 0 bridgehead atoms. The van der Waals surface area contributed by atoms with Crippen LogP contribution in [0.2, 0.25) is 0 Å². The van der Waals surface area contributed by atoms with Crippen molar-refractivity contribution in [2.45, 2.75) is 37.3 Å². The van der Waals surface area contributed by atoms with Crippen LogP contribution in [0.5, 0.6) is 5.75 Å². The van der Waals surface area contributed by atoms with Crippen molar-refractivity contribution >= 4 is 26.8 Å². The molecule has 1 aromatic heterocycles. The number of rotatable bonds is 0. The third kappa shape index (κ3) is 2.03. The highest BCUT2D eigenvalue weighted by Crippen LogP contribution is 2.44. The number of hydrogen-bond acceptors (Lipinski definition) is 3. The SMILES string of the molecule is Cc1ccc2cc3c(cc2n1)C(O)C(Br)C(C)(C)O3. The molecule has 2 unspecified atom stereocenters. The van der Waals surface area contributed by atoms with Crippen LogP contribution in [-0.4, -0.2) is 20.5 Å². The van der Waals surface area contributed by atoms with E-state index in [0.717, 1.165) is 27.9 Å². The van der Waals surface area contributed by atoms with Crippen molar-refractivity contribution in [2.24, 2.45) is 0 Å². The summed E-state index contributed by atoms with van der Waals surface area (Å²) in [5.74, 6) is 0.742. The van der Waals surface area contributed by atoms with E-state index in [9.17, 15) is 5.11 Å². The summed E-state index contributed by atoms with van der Waals surface area (Å²) in [7, 11) is 0. The molecule has 0 saturated heterocycles. The predicted octanol–water partition coefficient (Wildman–Crippen LogP) is 3.51. The molecule has 0 aliphatic carbocycles. The van der Waals surface area contributed by atoms with E-state index in [0.29, 0.717) is 0 Å². The fourth-order valence-electron chi connectivity index (χ4n) is 2.47. The van der Waals surface area contributed by atoms with Crippen LogP contribution in [0.15, 0.2) is 24.3 Å². The van der Waals surface area contributed by atoms with Gasteiger partial charge in [-0.1, -0.05) is 22.0 Å². The summed E-state index contributed by atoms with van der Waals surface area (Å²) in [5.41, 5.74) is 2.21. The Hall–Kier alpha value is -1.13. The third-order valence-corrected chi connectivity index (χ3v) is 5.20. The van der Waals surface area contributed by atoms with Crippen LogP contribution in [0.4, 0.5) is 0 Å². The summed E-state index contributed by atoms with van der Waals surface area (Å²) in [5, 5.41) is 11.5. The van der Waals surface area contributed by atoms with E-state index < -0.39 is 11.7 Å². The first-order valence-electron chi connectivity index (χ1n) is 6.31. The Labute approximate surface area is 120 Å². The zero-order valence-electron chi connectivity index (χ0n) is 11.1. The van der Waals surface area contributed by atoms with Gasteiger partial charge in [-0.15, -0.1) is 0 Å². The molecule has 2 atom stereocenters. The summed E-state index contributed by atoms with van der Waals surface area (Å²) in [6, 6.07) is 7.89. The molecule has 1 N–H and O–H groups in total. The van der Waals surface area contributed by atoms with E-state index in [-0.39, 0.29) is 4.83 Å². The van der Waals surface area contributed by atoms with Crippen molar-refractivity contribution in [2.75, 3.05) is 0 Å².